The predicted octanol–water partition coefficient (Wildman–Crippen LogP) is 1.93. The first-order chi connectivity index (χ1) is 8.38. The zero-order valence-corrected chi connectivity index (χ0v) is 12.3. The molecule has 6 heteroatoms. The summed E-state index contributed by atoms with van der Waals surface area (Å²) in [5.74, 6) is 0.397. The molecule has 1 amide bonds. The van der Waals surface area contributed by atoms with E-state index in [1.165, 1.54) is 6.07 Å². The second kappa shape index (κ2) is 6.85. The molecule has 0 spiro atoms. The first-order valence-electron chi connectivity index (χ1n) is 5.63. The van der Waals surface area contributed by atoms with E-state index in [4.69, 9.17) is 11.6 Å². The van der Waals surface area contributed by atoms with Gasteiger partial charge >= 0.3 is 0 Å². The Morgan fingerprint density at radius 3 is 2.78 bits per heavy atom. The molecule has 0 aliphatic heterocycles. The Morgan fingerprint density at radius 1 is 1.56 bits per heavy atom. The monoisotopic (exact) mass is 288 g/mol. The fraction of sp³-hybridized carbons (Fsp3) is 0.500. The van der Waals surface area contributed by atoms with Crippen LogP contribution in [0.4, 0.5) is 0 Å². The average molecular weight is 289 g/mol. The first kappa shape index (κ1) is 15.1. The molecule has 1 rings (SSSR count). The summed E-state index contributed by atoms with van der Waals surface area (Å²) in [7, 11) is -0.835. The standard InChI is InChI=1S/C12H17ClN2O2S/c1-8(4-5-18(3)17)15-12(16)10-6-9(2)14-11(13)7-10/h6-8H,4-5H2,1-3H3,(H,15,16). The Bertz CT molecular complexity index is 445. The number of nitrogens with zero attached hydrogens (tertiary/aromatic N) is 1. The number of aryl methyl sites for hydroxylation is 1. The van der Waals surface area contributed by atoms with Gasteiger partial charge in [-0.25, -0.2) is 4.98 Å². The average Bonchev–Trinajstić information content (AvgIpc) is 2.25. The van der Waals surface area contributed by atoms with Crippen LogP contribution in [0.5, 0.6) is 0 Å². The molecule has 1 aromatic heterocycles. The molecule has 0 saturated heterocycles. The second-order valence-electron chi connectivity index (χ2n) is 4.26. The Hall–Kier alpha value is -0.940. The van der Waals surface area contributed by atoms with Crippen molar-refractivity contribution in [3.05, 3.63) is 28.5 Å². The summed E-state index contributed by atoms with van der Waals surface area (Å²) in [6.07, 6.45) is 2.34. The fourth-order valence-electron chi connectivity index (χ4n) is 1.48. The van der Waals surface area contributed by atoms with Crippen molar-refractivity contribution in [1.82, 2.24) is 10.3 Å². The topological polar surface area (TPSA) is 59.1 Å². The van der Waals surface area contributed by atoms with Gasteiger partial charge in [-0.2, -0.15) is 0 Å². The third kappa shape index (κ3) is 5.14. The van der Waals surface area contributed by atoms with Gasteiger partial charge in [-0.05, 0) is 32.4 Å². The van der Waals surface area contributed by atoms with Crippen molar-refractivity contribution in [1.29, 1.82) is 0 Å². The zero-order chi connectivity index (χ0) is 13.7. The van der Waals surface area contributed by atoms with Crippen molar-refractivity contribution in [2.45, 2.75) is 26.3 Å². The molecule has 0 aromatic carbocycles. The molecule has 1 heterocycles. The van der Waals surface area contributed by atoms with Gasteiger partial charge in [-0.15, -0.1) is 0 Å². The molecule has 0 fully saturated rings. The molecule has 2 unspecified atom stereocenters. The number of hydrogen-bond acceptors (Lipinski definition) is 3. The Morgan fingerprint density at radius 2 is 2.22 bits per heavy atom. The maximum absolute atomic E-state index is 11.9. The second-order valence-corrected chi connectivity index (χ2v) is 6.20. The number of aromatic nitrogens is 1. The molecule has 2 atom stereocenters. The third-order valence-corrected chi connectivity index (χ3v) is 3.40. The third-order valence-electron chi connectivity index (χ3n) is 2.40. The summed E-state index contributed by atoms with van der Waals surface area (Å²) in [4.78, 5) is 15.9. The minimum Gasteiger partial charge on any atom is -0.350 e. The van der Waals surface area contributed by atoms with Crippen molar-refractivity contribution in [3.63, 3.8) is 0 Å². The van der Waals surface area contributed by atoms with Gasteiger partial charge in [0.25, 0.3) is 5.91 Å². The van der Waals surface area contributed by atoms with Crippen LogP contribution in [0.25, 0.3) is 0 Å². The number of rotatable bonds is 5. The van der Waals surface area contributed by atoms with Gasteiger partial charge in [-0.1, -0.05) is 11.6 Å². The number of carbonyl (C=O) groups excluding carboxylic acids is 1. The Kier molecular flexibility index (Phi) is 5.75. The van der Waals surface area contributed by atoms with Crippen LogP contribution >= 0.6 is 11.6 Å². The van der Waals surface area contributed by atoms with Crippen LogP contribution in [0.1, 0.15) is 29.4 Å². The molecule has 4 nitrogen and oxygen atoms in total. The van der Waals surface area contributed by atoms with Crippen molar-refractivity contribution in [2.75, 3.05) is 12.0 Å². The zero-order valence-electron chi connectivity index (χ0n) is 10.7. The van der Waals surface area contributed by atoms with E-state index in [2.05, 4.69) is 10.3 Å². The highest BCUT2D eigenvalue weighted by Gasteiger charge is 2.11. The lowest BCUT2D eigenvalue weighted by atomic mass is 10.2. The van der Waals surface area contributed by atoms with Crippen LogP contribution in [0, 0.1) is 6.92 Å². The molecule has 1 N–H and O–H groups in total. The van der Waals surface area contributed by atoms with E-state index in [-0.39, 0.29) is 11.9 Å². The summed E-state index contributed by atoms with van der Waals surface area (Å²) >= 11 is 5.80. The van der Waals surface area contributed by atoms with E-state index in [9.17, 15) is 9.00 Å². The lowest BCUT2D eigenvalue weighted by Gasteiger charge is -2.13. The van der Waals surface area contributed by atoms with E-state index < -0.39 is 10.8 Å². The van der Waals surface area contributed by atoms with Crippen molar-refractivity contribution in [3.8, 4) is 0 Å². The van der Waals surface area contributed by atoms with Gasteiger partial charge in [0.2, 0.25) is 0 Å². The summed E-state index contributed by atoms with van der Waals surface area (Å²) in [5.41, 5.74) is 1.20. The highest BCUT2D eigenvalue weighted by atomic mass is 35.5. The largest absolute Gasteiger partial charge is 0.350 e. The van der Waals surface area contributed by atoms with Crippen molar-refractivity contribution < 1.29 is 9.00 Å². The summed E-state index contributed by atoms with van der Waals surface area (Å²) < 4.78 is 11.0. The minimum atomic E-state index is -0.835. The van der Waals surface area contributed by atoms with E-state index >= 15 is 0 Å². The van der Waals surface area contributed by atoms with Gasteiger partial charge in [0.15, 0.2) is 0 Å². The quantitative estimate of drug-likeness (QED) is 0.842. The van der Waals surface area contributed by atoms with Gasteiger partial charge in [0.05, 0.1) is 0 Å². The van der Waals surface area contributed by atoms with Crippen molar-refractivity contribution >= 4 is 28.3 Å². The van der Waals surface area contributed by atoms with Gasteiger partial charge < -0.3 is 5.32 Å². The maximum atomic E-state index is 11.9. The van der Waals surface area contributed by atoms with E-state index in [1.54, 1.807) is 19.2 Å². The molecular formula is C12H17ClN2O2S. The van der Waals surface area contributed by atoms with E-state index in [0.29, 0.717) is 28.6 Å². The minimum absolute atomic E-state index is 0.0198. The van der Waals surface area contributed by atoms with Crippen LogP contribution in [0.3, 0.4) is 0 Å². The smallest absolute Gasteiger partial charge is 0.251 e. The van der Waals surface area contributed by atoms with E-state index in [0.717, 1.165) is 0 Å². The SMILES string of the molecule is Cc1cc(C(=O)NC(C)CCS(C)=O)cc(Cl)n1. The number of halogens is 1. The summed E-state index contributed by atoms with van der Waals surface area (Å²) in [5, 5.41) is 3.15. The molecule has 0 radical (unpaired) electrons. The molecule has 18 heavy (non-hydrogen) atoms. The number of carbonyl (C=O) groups is 1. The van der Waals surface area contributed by atoms with Crippen LogP contribution < -0.4 is 5.32 Å². The number of pyridine rings is 1. The number of amides is 1. The molecule has 0 aliphatic rings. The van der Waals surface area contributed by atoms with Crippen LogP contribution in [0.2, 0.25) is 5.15 Å². The molecular weight excluding hydrogens is 272 g/mol. The highest BCUT2D eigenvalue weighted by molar-refractivity contribution is 7.84. The molecule has 0 bridgehead atoms. The normalized spacial score (nSPS) is 14.0. The van der Waals surface area contributed by atoms with Crippen LogP contribution in [-0.4, -0.2) is 33.2 Å². The molecule has 1 aromatic rings. The lowest BCUT2D eigenvalue weighted by molar-refractivity contribution is 0.0939. The highest BCUT2D eigenvalue weighted by Crippen LogP contribution is 2.10. The number of hydrogen-bond donors (Lipinski definition) is 1. The Labute approximate surface area is 115 Å². The van der Waals surface area contributed by atoms with E-state index in [1.807, 2.05) is 6.92 Å². The molecule has 100 valence electrons. The first-order valence-corrected chi connectivity index (χ1v) is 7.74. The summed E-state index contributed by atoms with van der Waals surface area (Å²) in [6.45, 7) is 3.67. The summed E-state index contributed by atoms with van der Waals surface area (Å²) in [6, 6.07) is 3.20. The molecule has 0 saturated carbocycles. The van der Waals surface area contributed by atoms with Crippen molar-refractivity contribution in [2.24, 2.45) is 0 Å². The van der Waals surface area contributed by atoms with Crippen LogP contribution in [0.15, 0.2) is 12.1 Å². The van der Waals surface area contributed by atoms with Gasteiger partial charge in [0.1, 0.15) is 5.15 Å². The lowest BCUT2D eigenvalue weighted by Crippen LogP contribution is -2.33. The molecule has 0 aliphatic carbocycles. The Balaban J connectivity index is 2.61. The fourth-order valence-corrected chi connectivity index (χ4v) is 2.42. The maximum Gasteiger partial charge on any atom is 0.251 e. The van der Waals surface area contributed by atoms with Gasteiger partial charge in [0, 0.05) is 40.1 Å². The van der Waals surface area contributed by atoms with Crippen LogP contribution in [-0.2, 0) is 10.8 Å². The predicted molar refractivity (Wildman–Crippen MR) is 74.5 cm³/mol. The van der Waals surface area contributed by atoms with Gasteiger partial charge in [-0.3, -0.25) is 9.00 Å². The number of nitrogens with one attached hydrogen (secondary N) is 1.